The number of carboxylic acids is 2. The predicted octanol–water partition coefficient (Wildman–Crippen LogP) is 8.49. The van der Waals surface area contributed by atoms with Crippen LogP contribution < -0.4 is 9.47 Å². The number of ether oxygens (including phenoxy) is 4. The van der Waals surface area contributed by atoms with Crippen LogP contribution >= 0.6 is 0 Å². The van der Waals surface area contributed by atoms with Crippen molar-refractivity contribution in [1.29, 1.82) is 0 Å². The van der Waals surface area contributed by atoms with Gasteiger partial charge in [-0.2, -0.15) is 0 Å². The van der Waals surface area contributed by atoms with Crippen molar-refractivity contribution in [3.05, 3.63) is 203 Å². The number of carboxylic acid groups (broad SMARTS) is 2. The first-order valence-electron chi connectivity index (χ1n) is 20.1. The van der Waals surface area contributed by atoms with E-state index in [1.807, 2.05) is 180 Å². The molecule has 0 aliphatic carbocycles. The molecule has 60 heavy (non-hydrogen) atoms. The topological polar surface area (TPSA) is 118 Å². The Hall–Kier alpha value is -6.30. The summed E-state index contributed by atoms with van der Waals surface area (Å²) in [5, 5.41) is 21.5. The molecule has 0 radical (unpaired) electrons. The Morgan fingerprint density at radius 2 is 0.717 bits per heavy atom. The Kier molecular flexibility index (Phi) is 16.8. The van der Waals surface area contributed by atoms with Crippen molar-refractivity contribution in [2.45, 2.75) is 51.6 Å². The summed E-state index contributed by atoms with van der Waals surface area (Å²) in [4.78, 5) is 30.0. The van der Waals surface area contributed by atoms with Gasteiger partial charge in [-0.25, -0.2) is 0 Å². The fourth-order valence-corrected chi connectivity index (χ4v) is 6.80. The largest absolute Gasteiger partial charge is 0.489 e. The van der Waals surface area contributed by atoms with Crippen LogP contribution in [0.1, 0.15) is 33.4 Å². The first-order chi connectivity index (χ1) is 29.4. The van der Waals surface area contributed by atoms with Gasteiger partial charge >= 0.3 is 11.9 Å². The normalized spacial score (nSPS) is 12.2. The summed E-state index contributed by atoms with van der Waals surface area (Å²) in [7, 11) is 0. The lowest BCUT2D eigenvalue weighted by atomic mass is 10.1. The molecule has 6 aromatic rings. The van der Waals surface area contributed by atoms with Gasteiger partial charge in [-0.1, -0.05) is 158 Å². The van der Waals surface area contributed by atoms with Gasteiger partial charge in [-0.15, -0.1) is 0 Å². The van der Waals surface area contributed by atoms with E-state index in [4.69, 9.17) is 18.9 Å². The van der Waals surface area contributed by atoms with Crippen LogP contribution in [-0.2, 0) is 58.6 Å². The highest BCUT2D eigenvalue weighted by molar-refractivity contribution is 5.74. The molecular weight excluding hydrogens is 757 g/mol. The fraction of sp³-hybridized carbons (Fsp3) is 0.240. The van der Waals surface area contributed by atoms with Crippen molar-refractivity contribution in [3.63, 3.8) is 0 Å². The highest BCUT2D eigenvalue weighted by Crippen LogP contribution is 2.25. The minimum absolute atomic E-state index is 0.101. The summed E-state index contributed by atoms with van der Waals surface area (Å²) >= 11 is 0. The number of hydrogen-bond acceptors (Lipinski definition) is 8. The molecule has 0 heterocycles. The summed E-state index contributed by atoms with van der Waals surface area (Å²) in [6.45, 7) is 1.69. The molecule has 10 heteroatoms. The van der Waals surface area contributed by atoms with E-state index in [2.05, 4.69) is 0 Å². The van der Waals surface area contributed by atoms with E-state index in [0.717, 1.165) is 33.4 Å². The molecule has 0 bridgehead atoms. The quantitative estimate of drug-likeness (QED) is 0.0583. The lowest BCUT2D eigenvalue weighted by molar-refractivity contribution is -0.149. The molecule has 0 amide bonds. The smallest absolute Gasteiger partial charge is 0.323 e. The Morgan fingerprint density at radius 1 is 0.417 bits per heavy atom. The molecule has 0 spiro atoms. The molecule has 2 atom stereocenters. The van der Waals surface area contributed by atoms with Crippen molar-refractivity contribution in [2.75, 3.05) is 26.3 Å². The van der Waals surface area contributed by atoms with E-state index in [9.17, 15) is 19.8 Å². The molecule has 0 fully saturated rings. The van der Waals surface area contributed by atoms with Crippen molar-refractivity contribution in [1.82, 2.24) is 9.80 Å². The summed E-state index contributed by atoms with van der Waals surface area (Å²) in [6, 6.07) is 51.9. The van der Waals surface area contributed by atoms with Gasteiger partial charge in [0.25, 0.3) is 0 Å². The van der Waals surface area contributed by atoms with Crippen LogP contribution in [0.4, 0.5) is 0 Å². The monoisotopic (exact) mass is 808 g/mol. The van der Waals surface area contributed by atoms with Gasteiger partial charge in [0.2, 0.25) is 0 Å². The first kappa shape index (κ1) is 43.3. The molecule has 6 aromatic carbocycles. The van der Waals surface area contributed by atoms with E-state index in [1.165, 1.54) is 0 Å². The third-order valence-electron chi connectivity index (χ3n) is 10.1. The highest BCUT2D eigenvalue weighted by Gasteiger charge is 2.31. The number of carbonyl (C=O) groups is 2. The van der Waals surface area contributed by atoms with Crippen LogP contribution in [0.25, 0.3) is 0 Å². The molecule has 0 aliphatic rings. The van der Waals surface area contributed by atoms with Gasteiger partial charge < -0.3 is 29.2 Å². The third kappa shape index (κ3) is 13.6. The second-order valence-electron chi connectivity index (χ2n) is 14.4. The molecular formula is C50H52N2O8. The maximum Gasteiger partial charge on any atom is 0.323 e. The lowest BCUT2D eigenvalue weighted by Gasteiger charge is -2.34. The Balaban J connectivity index is 1.28. The number of para-hydroxylation sites is 2. The van der Waals surface area contributed by atoms with Gasteiger partial charge in [-0.05, 0) is 34.4 Å². The molecule has 2 N–H and O–H groups in total. The van der Waals surface area contributed by atoms with Crippen molar-refractivity contribution in [3.8, 4) is 11.5 Å². The van der Waals surface area contributed by atoms with Crippen LogP contribution in [0.5, 0.6) is 11.5 Å². The molecule has 0 saturated carbocycles. The number of hydrogen-bond donors (Lipinski definition) is 2. The standard InChI is InChI=1S/C50H52N2O8/c53-49(54)45(37-57-33-39-17-5-1-6-18-39)51(31-43-25-13-15-27-47(43)59-35-41-21-9-3-10-22-41)29-30-52(46(50(55)56)38-58-34-40-19-7-2-8-20-40)32-44-26-14-16-28-48(44)60-36-42-23-11-4-12-24-42/h1-28,45-46H,29-38H2,(H,53,54)(H,55,56). The van der Waals surface area contributed by atoms with E-state index in [-0.39, 0.29) is 52.6 Å². The van der Waals surface area contributed by atoms with Gasteiger partial charge in [0.05, 0.1) is 26.4 Å². The second kappa shape index (κ2) is 23.3. The molecule has 0 saturated heterocycles. The predicted molar refractivity (Wildman–Crippen MR) is 230 cm³/mol. The first-order valence-corrected chi connectivity index (χ1v) is 20.1. The molecule has 10 nitrogen and oxygen atoms in total. The SMILES string of the molecule is O=C(O)C(COCc1ccccc1)N(CCN(Cc1ccccc1OCc1ccccc1)C(COCc1ccccc1)C(=O)O)Cc1ccccc1OCc1ccccc1. The zero-order valence-electron chi connectivity index (χ0n) is 33.6. The third-order valence-corrected chi connectivity index (χ3v) is 10.1. The summed E-state index contributed by atoms with van der Waals surface area (Å²) < 4.78 is 24.7. The van der Waals surface area contributed by atoms with Gasteiger partial charge in [0, 0.05) is 37.3 Å². The molecule has 6 rings (SSSR count). The van der Waals surface area contributed by atoms with Crippen molar-refractivity contribution in [2.24, 2.45) is 0 Å². The zero-order chi connectivity index (χ0) is 41.8. The molecule has 0 aromatic heterocycles. The van der Waals surface area contributed by atoms with E-state index in [1.54, 1.807) is 0 Å². The number of aliphatic carboxylic acids is 2. The lowest BCUT2D eigenvalue weighted by Crippen LogP contribution is -2.50. The van der Waals surface area contributed by atoms with Crippen molar-refractivity contribution >= 4 is 11.9 Å². The Morgan fingerprint density at radius 3 is 1.05 bits per heavy atom. The summed E-state index contributed by atoms with van der Waals surface area (Å²) in [5.74, 6) is -0.865. The summed E-state index contributed by atoms with van der Waals surface area (Å²) in [6.07, 6.45) is 0. The molecule has 0 aliphatic heterocycles. The molecule has 2 unspecified atom stereocenters. The van der Waals surface area contributed by atoms with Gasteiger partial charge in [-0.3, -0.25) is 19.4 Å². The molecule has 310 valence electrons. The summed E-state index contributed by atoms with van der Waals surface area (Å²) in [5.41, 5.74) is 5.42. The minimum atomic E-state index is -1.07. The van der Waals surface area contributed by atoms with Gasteiger partial charge in [0.15, 0.2) is 0 Å². The van der Waals surface area contributed by atoms with Crippen LogP contribution in [0.3, 0.4) is 0 Å². The van der Waals surface area contributed by atoms with Crippen LogP contribution in [-0.4, -0.2) is 70.3 Å². The number of benzene rings is 6. The van der Waals surface area contributed by atoms with Gasteiger partial charge in [0.1, 0.15) is 36.8 Å². The number of nitrogens with zero attached hydrogens (tertiary/aromatic N) is 2. The highest BCUT2D eigenvalue weighted by atomic mass is 16.5. The van der Waals surface area contributed by atoms with E-state index in [0.29, 0.717) is 24.7 Å². The van der Waals surface area contributed by atoms with E-state index < -0.39 is 24.0 Å². The Bertz CT molecular complexity index is 2020. The van der Waals surface area contributed by atoms with E-state index >= 15 is 0 Å². The zero-order valence-corrected chi connectivity index (χ0v) is 33.6. The van der Waals surface area contributed by atoms with Crippen molar-refractivity contribution < 1.29 is 38.7 Å². The number of rotatable bonds is 25. The van der Waals surface area contributed by atoms with Crippen LogP contribution in [0.2, 0.25) is 0 Å². The maximum atomic E-state index is 13.2. The van der Waals surface area contributed by atoms with Crippen LogP contribution in [0, 0.1) is 0 Å². The van der Waals surface area contributed by atoms with Crippen LogP contribution in [0.15, 0.2) is 170 Å². The minimum Gasteiger partial charge on any atom is -0.489 e. The Labute approximate surface area is 352 Å². The fourth-order valence-electron chi connectivity index (χ4n) is 6.80. The average Bonchev–Trinajstić information content (AvgIpc) is 3.28. The maximum absolute atomic E-state index is 13.2. The average molecular weight is 809 g/mol. The second-order valence-corrected chi connectivity index (χ2v) is 14.4.